The lowest BCUT2D eigenvalue weighted by atomic mass is 10.0. The van der Waals surface area contributed by atoms with Gasteiger partial charge in [0, 0.05) is 41.2 Å². The number of benzene rings is 1. The van der Waals surface area contributed by atoms with Crippen molar-refractivity contribution in [2.45, 2.75) is 43.0 Å². The number of thioether (sulfide) groups is 1. The standard InChI is InChI=1S/C18H25ClN2OS.ClH/c19-15-3-5-17(6-4-15)23-12-9-18(22)21-10-7-16(8-11-21)20-13-14-1-2-14;/h3-6,14,16,20H,1-2,7-13H2;1H. The Morgan fingerprint density at radius 2 is 1.83 bits per heavy atom. The van der Waals surface area contributed by atoms with E-state index in [4.69, 9.17) is 11.6 Å². The first-order valence-corrected chi connectivity index (χ1v) is 9.96. The van der Waals surface area contributed by atoms with Gasteiger partial charge in [-0.2, -0.15) is 0 Å². The number of halogens is 2. The second-order valence-electron chi connectivity index (χ2n) is 6.56. The van der Waals surface area contributed by atoms with Crippen LogP contribution < -0.4 is 5.32 Å². The van der Waals surface area contributed by atoms with E-state index in [0.29, 0.717) is 18.4 Å². The van der Waals surface area contributed by atoms with Gasteiger partial charge in [-0.1, -0.05) is 11.6 Å². The Hall–Kier alpha value is -0.420. The normalized spacial score (nSPS) is 18.3. The molecule has 0 aromatic heterocycles. The Morgan fingerprint density at radius 1 is 1.17 bits per heavy atom. The number of amides is 1. The van der Waals surface area contributed by atoms with Crippen LogP contribution in [0.25, 0.3) is 0 Å². The molecule has 0 unspecified atom stereocenters. The average Bonchev–Trinajstić information content (AvgIpc) is 3.39. The van der Waals surface area contributed by atoms with E-state index in [2.05, 4.69) is 5.32 Å². The summed E-state index contributed by atoms with van der Waals surface area (Å²) in [5.41, 5.74) is 0. The monoisotopic (exact) mass is 388 g/mol. The average molecular weight is 389 g/mol. The van der Waals surface area contributed by atoms with E-state index in [1.165, 1.54) is 24.3 Å². The van der Waals surface area contributed by atoms with Crippen LogP contribution in [0.3, 0.4) is 0 Å². The minimum atomic E-state index is 0. The highest BCUT2D eigenvalue weighted by Gasteiger charge is 2.25. The lowest BCUT2D eigenvalue weighted by molar-refractivity contribution is -0.131. The maximum Gasteiger partial charge on any atom is 0.223 e. The molecule has 1 aliphatic carbocycles. The first-order valence-electron chi connectivity index (χ1n) is 8.60. The lowest BCUT2D eigenvalue weighted by Gasteiger charge is -2.32. The topological polar surface area (TPSA) is 32.3 Å². The highest BCUT2D eigenvalue weighted by atomic mass is 35.5. The van der Waals surface area contributed by atoms with Crippen molar-refractivity contribution in [2.24, 2.45) is 5.92 Å². The lowest BCUT2D eigenvalue weighted by Crippen LogP contribution is -2.45. The molecule has 0 atom stereocenters. The Kier molecular flexibility index (Phi) is 8.21. The van der Waals surface area contributed by atoms with E-state index in [0.717, 1.165) is 42.6 Å². The van der Waals surface area contributed by atoms with E-state index in [1.807, 2.05) is 29.2 Å². The summed E-state index contributed by atoms with van der Waals surface area (Å²) in [6, 6.07) is 8.42. The third-order valence-electron chi connectivity index (χ3n) is 4.64. The fraction of sp³-hybridized carbons (Fsp3) is 0.611. The number of hydrogen-bond acceptors (Lipinski definition) is 3. The second kappa shape index (κ2) is 9.91. The number of carbonyl (C=O) groups is 1. The second-order valence-corrected chi connectivity index (χ2v) is 8.16. The van der Waals surface area contributed by atoms with Crippen LogP contribution in [0, 0.1) is 5.92 Å². The van der Waals surface area contributed by atoms with Gasteiger partial charge in [0.1, 0.15) is 0 Å². The summed E-state index contributed by atoms with van der Waals surface area (Å²) >= 11 is 7.60. The molecule has 1 aromatic carbocycles. The minimum absolute atomic E-state index is 0. The fourth-order valence-electron chi connectivity index (χ4n) is 2.93. The largest absolute Gasteiger partial charge is 0.343 e. The summed E-state index contributed by atoms with van der Waals surface area (Å²) in [5, 5.41) is 4.41. The highest BCUT2D eigenvalue weighted by molar-refractivity contribution is 7.99. The Labute approximate surface area is 160 Å². The third-order valence-corrected chi connectivity index (χ3v) is 5.90. The summed E-state index contributed by atoms with van der Waals surface area (Å²) in [6.07, 6.45) is 5.62. The first kappa shape index (κ1) is 19.9. The molecule has 6 heteroatoms. The molecule has 1 amide bonds. The number of nitrogens with zero attached hydrogens (tertiary/aromatic N) is 1. The van der Waals surface area contributed by atoms with E-state index >= 15 is 0 Å². The van der Waals surface area contributed by atoms with Crippen LogP contribution in [0.5, 0.6) is 0 Å². The zero-order valence-corrected chi connectivity index (χ0v) is 16.3. The zero-order chi connectivity index (χ0) is 16.1. The predicted octanol–water partition coefficient (Wildman–Crippen LogP) is 4.23. The van der Waals surface area contributed by atoms with Crippen LogP contribution >= 0.6 is 35.8 Å². The molecule has 0 radical (unpaired) electrons. The fourth-order valence-corrected chi connectivity index (χ4v) is 3.90. The molecule has 2 fully saturated rings. The van der Waals surface area contributed by atoms with Gasteiger partial charge in [-0.25, -0.2) is 0 Å². The van der Waals surface area contributed by atoms with Gasteiger partial charge in [0.25, 0.3) is 0 Å². The van der Waals surface area contributed by atoms with Crippen molar-refractivity contribution in [3.63, 3.8) is 0 Å². The number of piperidine rings is 1. The zero-order valence-electron chi connectivity index (χ0n) is 13.9. The van der Waals surface area contributed by atoms with E-state index in [1.54, 1.807) is 11.8 Å². The van der Waals surface area contributed by atoms with Crippen LogP contribution in [0.4, 0.5) is 0 Å². The summed E-state index contributed by atoms with van der Waals surface area (Å²) < 4.78 is 0. The molecular weight excluding hydrogens is 363 g/mol. The van der Waals surface area contributed by atoms with E-state index in [-0.39, 0.29) is 12.4 Å². The maximum atomic E-state index is 12.3. The van der Waals surface area contributed by atoms with Crippen LogP contribution in [0.2, 0.25) is 5.02 Å². The molecule has 1 N–H and O–H groups in total. The maximum absolute atomic E-state index is 12.3. The summed E-state index contributed by atoms with van der Waals surface area (Å²) in [5.74, 6) is 2.06. The van der Waals surface area contributed by atoms with Crippen LogP contribution in [0.1, 0.15) is 32.1 Å². The van der Waals surface area contributed by atoms with Crippen molar-refractivity contribution in [1.82, 2.24) is 10.2 Å². The van der Waals surface area contributed by atoms with Gasteiger partial charge in [-0.05, 0) is 62.4 Å². The van der Waals surface area contributed by atoms with Crippen LogP contribution in [0.15, 0.2) is 29.2 Å². The highest BCUT2D eigenvalue weighted by Crippen LogP contribution is 2.28. The van der Waals surface area contributed by atoms with Gasteiger partial charge < -0.3 is 10.2 Å². The molecule has 1 aromatic rings. The smallest absolute Gasteiger partial charge is 0.223 e. The van der Waals surface area contributed by atoms with Crippen molar-refractivity contribution < 1.29 is 4.79 Å². The van der Waals surface area contributed by atoms with Gasteiger partial charge in [-0.15, -0.1) is 24.2 Å². The van der Waals surface area contributed by atoms with Crippen LogP contribution in [-0.2, 0) is 4.79 Å². The van der Waals surface area contributed by atoms with E-state index < -0.39 is 0 Å². The van der Waals surface area contributed by atoms with Gasteiger partial charge in [0.15, 0.2) is 0 Å². The summed E-state index contributed by atoms with van der Waals surface area (Å²) in [4.78, 5) is 15.5. The molecule has 134 valence electrons. The van der Waals surface area contributed by atoms with Gasteiger partial charge in [-0.3, -0.25) is 4.79 Å². The molecule has 1 saturated heterocycles. The molecule has 1 heterocycles. The van der Waals surface area contributed by atoms with Crippen molar-refractivity contribution >= 4 is 41.7 Å². The Bertz CT molecular complexity index is 514. The van der Waals surface area contributed by atoms with Gasteiger partial charge >= 0.3 is 0 Å². The Morgan fingerprint density at radius 3 is 2.46 bits per heavy atom. The molecular formula is C18H26Cl2N2OS. The Balaban J connectivity index is 0.00000208. The van der Waals surface area contributed by atoms with Crippen molar-refractivity contribution in [3.05, 3.63) is 29.3 Å². The quantitative estimate of drug-likeness (QED) is 0.709. The molecule has 24 heavy (non-hydrogen) atoms. The summed E-state index contributed by atoms with van der Waals surface area (Å²) in [7, 11) is 0. The van der Waals surface area contributed by atoms with Gasteiger partial charge in [0.05, 0.1) is 0 Å². The van der Waals surface area contributed by atoms with Gasteiger partial charge in [0.2, 0.25) is 5.91 Å². The number of hydrogen-bond donors (Lipinski definition) is 1. The predicted molar refractivity (Wildman–Crippen MR) is 104 cm³/mol. The molecule has 2 aliphatic rings. The molecule has 3 rings (SSSR count). The minimum Gasteiger partial charge on any atom is -0.343 e. The SMILES string of the molecule is Cl.O=C(CCSc1ccc(Cl)cc1)N1CCC(NCC2CC2)CC1. The van der Waals surface area contributed by atoms with Crippen molar-refractivity contribution in [1.29, 1.82) is 0 Å². The molecule has 3 nitrogen and oxygen atoms in total. The number of nitrogens with one attached hydrogen (secondary N) is 1. The number of likely N-dealkylation sites (tertiary alicyclic amines) is 1. The first-order chi connectivity index (χ1) is 11.2. The van der Waals surface area contributed by atoms with E-state index in [9.17, 15) is 4.79 Å². The molecule has 0 bridgehead atoms. The van der Waals surface area contributed by atoms with Crippen molar-refractivity contribution in [3.8, 4) is 0 Å². The number of rotatable bonds is 7. The molecule has 0 spiro atoms. The number of carbonyl (C=O) groups excluding carboxylic acids is 1. The van der Waals surface area contributed by atoms with Crippen LogP contribution in [-0.4, -0.2) is 42.2 Å². The summed E-state index contributed by atoms with van der Waals surface area (Å²) in [6.45, 7) is 3.00. The van der Waals surface area contributed by atoms with Crippen molar-refractivity contribution in [2.75, 3.05) is 25.4 Å². The molecule has 1 aliphatic heterocycles. The third kappa shape index (κ3) is 6.47. The molecule has 1 saturated carbocycles.